The summed E-state index contributed by atoms with van der Waals surface area (Å²) < 4.78 is 58.6. The third kappa shape index (κ3) is 3.91. The second kappa shape index (κ2) is 7.12. The molecule has 1 saturated heterocycles. The Kier molecular flexibility index (Phi) is 5.05. The molecule has 1 aliphatic heterocycles. The molecule has 1 unspecified atom stereocenters. The SMILES string of the molecule is CN(C)c1ccc(OC2CCN(S(=O)(=O)c3cc(F)cc(F)c3)C2)nn1. The van der Waals surface area contributed by atoms with E-state index in [2.05, 4.69) is 10.2 Å². The monoisotopic (exact) mass is 384 g/mol. The Morgan fingerprint density at radius 2 is 1.85 bits per heavy atom. The summed E-state index contributed by atoms with van der Waals surface area (Å²) in [6.07, 6.45) is 0.0245. The van der Waals surface area contributed by atoms with Crippen LogP contribution in [0.4, 0.5) is 14.6 Å². The summed E-state index contributed by atoms with van der Waals surface area (Å²) in [5.41, 5.74) is 0. The Balaban J connectivity index is 1.69. The quantitative estimate of drug-likeness (QED) is 0.781. The van der Waals surface area contributed by atoms with Crippen molar-refractivity contribution >= 4 is 15.8 Å². The van der Waals surface area contributed by atoms with Gasteiger partial charge in [0.25, 0.3) is 0 Å². The predicted octanol–water partition coefficient (Wildman–Crippen LogP) is 1.66. The minimum atomic E-state index is -4.00. The topological polar surface area (TPSA) is 75.6 Å². The summed E-state index contributed by atoms with van der Waals surface area (Å²) in [7, 11) is -0.331. The maximum absolute atomic E-state index is 13.3. The van der Waals surface area contributed by atoms with Gasteiger partial charge in [-0.15, -0.1) is 10.2 Å². The van der Waals surface area contributed by atoms with Crippen LogP contribution in [0.2, 0.25) is 0 Å². The third-order valence-electron chi connectivity index (χ3n) is 3.95. The second-order valence-electron chi connectivity index (χ2n) is 6.12. The van der Waals surface area contributed by atoms with Crippen LogP contribution in [0.3, 0.4) is 0 Å². The molecule has 1 aliphatic rings. The first-order valence-electron chi connectivity index (χ1n) is 7.89. The highest BCUT2D eigenvalue weighted by Crippen LogP contribution is 2.24. The van der Waals surface area contributed by atoms with Crippen molar-refractivity contribution in [3.8, 4) is 5.88 Å². The average molecular weight is 384 g/mol. The van der Waals surface area contributed by atoms with Crippen LogP contribution in [0.15, 0.2) is 35.2 Å². The van der Waals surface area contributed by atoms with Crippen molar-refractivity contribution < 1.29 is 21.9 Å². The average Bonchev–Trinajstić information content (AvgIpc) is 3.04. The summed E-state index contributed by atoms with van der Waals surface area (Å²) in [5, 5.41) is 7.94. The van der Waals surface area contributed by atoms with Gasteiger partial charge in [-0.05, 0) is 24.6 Å². The van der Waals surface area contributed by atoms with E-state index in [-0.39, 0.29) is 19.0 Å². The Labute approximate surface area is 150 Å². The van der Waals surface area contributed by atoms with E-state index in [9.17, 15) is 17.2 Å². The van der Waals surface area contributed by atoms with Gasteiger partial charge in [0.15, 0.2) is 5.82 Å². The first-order valence-corrected chi connectivity index (χ1v) is 9.33. The molecule has 0 saturated carbocycles. The summed E-state index contributed by atoms with van der Waals surface area (Å²) >= 11 is 0. The van der Waals surface area contributed by atoms with Crippen molar-refractivity contribution in [1.82, 2.24) is 14.5 Å². The lowest BCUT2D eigenvalue weighted by Crippen LogP contribution is -2.31. The minimum absolute atomic E-state index is 0.0670. The second-order valence-corrected chi connectivity index (χ2v) is 8.06. The standard InChI is InChI=1S/C16H18F2N4O3S/c1-21(2)15-3-4-16(20-19-15)25-13-5-6-22(10-13)26(23,24)14-8-11(17)7-12(18)9-14/h3-4,7-9,13H,5-6,10H2,1-2H3. The highest BCUT2D eigenvalue weighted by Gasteiger charge is 2.34. The van der Waals surface area contributed by atoms with Gasteiger partial charge in [0, 0.05) is 32.8 Å². The summed E-state index contributed by atoms with van der Waals surface area (Å²) in [6.45, 7) is 0.256. The Morgan fingerprint density at radius 3 is 2.42 bits per heavy atom. The molecule has 3 rings (SSSR count). The molecular formula is C16H18F2N4O3S. The zero-order chi connectivity index (χ0) is 18.9. The van der Waals surface area contributed by atoms with Crippen LogP contribution in [0.1, 0.15) is 6.42 Å². The lowest BCUT2D eigenvalue weighted by molar-refractivity contribution is 0.204. The van der Waals surface area contributed by atoms with Crippen LogP contribution in [-0.2, 0) is 10.0 Å². The van der Waals surface area contributed by atoms with E-state index in [0.717, 1.165) is 16.4 Å². The van der Waals surface area contributed by atoms with E-state index in [1.54, 1.807) is 17.0 Å². The zero-order valence-corrected chi connectivity index (χ0v) is 15.1. The molecule has 1 fully saturated rings. The lowest BCUT2D eigenvalue weighted by atomic mass is 10.3. The summed E-state index contributed by atoms with van der Waals surface area (Å²) in [6, 6.07) is 5.63. The fourth-order valence-electron chi connectivity index (χ4n) is 2.62. The molecule has 2 heterocycles. The number of halogens is 2. The summed E-state index contributed by atoms with van der Waals surface area (Å²) in [4.78, 5) is 1.38. The minimum Gasteiger partial charge on any atom is -0.472 e. The highest BCUT2D eigenvalue weighted by atomic mass is 32.2. The number of anilines is 1. The molecule has 1 aromatic carbocycles. The maximum atomic E-state index is 13.3. The van der Waals surface area contributed by atoms with E-state index >= 15 is 0 Å². The first-order chi connectivity index (χ1) is 12.3. The van der Waals surface area contributed by atoms with Gasteiger partial charge < -0.3 is 9.64 Å². The molecule has 1 aromatic heterocycles. The fourth-order valence-corrected chi connectivity index (χ4v) is 4.15. The van der Waals surface area contributed by atoms with E-state index < -0.39 is 32.7 Å². The van der Waals surface area contributed by atoms with Crippen molar-refractivity contribution in [3.05, 3.63) is 42.0 Å². The highest BCUT2D eigenvalue weighted by molar-refractivity contribution is 7.89. The Bertz CT molecular complexity index is 871. The predicted molar refractivity (Wildman–Crippen MR) is 90.5 cm³/mol. The van der Waals surface area contributed by atoms with Gasteiger partial charge in [-0.2, -0.15) is 4.31 Å². The van der Waals surface area contributed by atoms with Crippen LogP contribution >= 0.6 is 0 Å². The van der Waals surface area contributed by atoms with Gasteiger partial charge in [-0.1, -0.05) is 0 Å². The zero-order valence-electron chi connectivity index (χ0n) is 14.3. The van der Waals surface area contributed by atoms with Gasteiger partial charge in [0.1, 0.15) is 17.7 Å². The maximum Gasteiger partial charge on any atom is 0.243 e. The van der Waals surface area contributed by atoms with Gasteiger partial charge >= 0.3 is 0 Å². The van der Waals surface area contributed by atoms with Gasteiger partial charge in [0.2, 0.25) is 15.9 Å². The number of ether oxygens (including phenoxy) is 1. The summed E-state index contributed by atoms with van der Waals surface area (Å²) in [5.74, 6) is -0.920. The molecular weight excluding hydrogens is 366 g/mol. The lowest BCUT2D eigenvalue weighted by Gasteiger charge is -2.17. The van der Waals surface area contributed by atoms with Crippen molar-refractivity contribution in [2.45, 2.75) is 17.4 Å². The molecule has 10 heteroatoms. The van der Waals surface area contributed by atoms with Crippen LogP contribution in [0.5, 0.6) is 5.88 Å². The van der Waals surface area contributed by atoms with E-state index in [1.165, 1.54) is 0 Å². The van der Waals surface area contributed by atoms with E-state index in [4.69, 9.17) is 4.74 Å². The molecule has 2 aromatic rings. The van der Waals surface area contributed by atoms with E-state index in [0.29, 0.717) is 18.3 Å². The molecule has 7 nitrogen and oxygen atoms in total. The number of benzene rings is 1. The van der Waals surface area contributed by atoms with Crippen LogP contribution in [0, 0.1) is 11.6 Å². The van der Waals surface area contributed by atoms with Crippen molar-refractivity contribution in [2.75, 3.05) is 32.1 Å². The number of hydrogen-bond acceptors (Lipinski definition) is 6. The fraction of sp³-hybridized carbons (Fsp3) is 0.375. The molecule has 0 radical (unpaired) electrons. The molecule has 140 valence electrons. The van der Waals surface area contributed by atoms with Crippen molar-refractivity contribution in [3.63, 3.8) is 0 Å². The Morgan fingerprint density at radius 1 is 1.15 bits per heavy atom. The van der Waals surface area contributed by atoms with Crippen LogP contribution in [0.25, 0.3) is 0 Å². The van der Waals surface area contributed by atoms with Crippen LogP contribution in [-0.4, -0.2) is 56.2 Å². The molecule has 0 bridgehead atoms. The molecule has 0 aliphatic carbocycles. The Hall–Kier alpha value is -2.33. The molecule has 0 amide bonds. The van der Waals surface area contributed by atoms with Gasteiger partial charge in [0.05, 0.1) is 11.4 Å². The molecule has 0 spiro atoms. The third-order valence-corrected chi connectivity index (χ3v) is 5.80. The normalized spacial score (nSPS) is 18.1. The number of hydrogen-bond donors (Lipinski definition) is 0. The number of sulfonamides is 1. The van der Waals surface area contributed by atoms with Gasteiger partial charge in [-0.3, -0.25) is 0 Å². The first kappa shape index (κ1) is 18.5. The molecule has 0 N–H and O–H groups in total. The van der Waals surface area contributed by atoms with E-state index in [1.807, 2.05) is 14.1 Å². The van der Waals surface area contributed by atoms with Crippen LogP contribution < -0.4 is 9.64 Å². The van der Waals surface area contributed by atoms with Crippen molar-refractivity contribution in [1.29, 1.82) is 0 Å². The molecule has 1 atom stereocenters. The number of nitrogens with zero attached hydrogens (tertiary/aromatic N) is 4. The molecule has 26 heavy (non-hydrogen) atoms. The van der Waals surface area contributed by atoms with Crippen molar-refractivity contribution in [2.24, 2.45) is 0 Å². The smallest absolute Gasteiger partial charge is 0.243 e. The van der Waals surface area contributed by atoms with Gasteiger partial charge in [-0.25, -0.2) is 17.2 Å². The number of rotatable bonds is 5. The number of aromatic nitrogens is 2. The largest absolute Gasteiger partial charge is 0.472 e.